The molecule has 3 heterocycles. The molecule has 5 heteroatoms. The number of rotatable bonds is 3. The summed E-state index contributed by atoms with van der Waals surface area (Å²) in [5.74, 6) is 1.48. The Morgan fingerprint density at radius 3 is 2.70 bits per heavy atom. The molecule has 0 bridgehead atoms. The lowest BCUT2D eigenvalue weighted by Crippen LogP contribution is -2.51. The SMILES string of the molecule is CC(C)(c1ncc(-c2ccccn2)o1)N1CCNCC1. The van der Waals surface area contributed by atoms with Crippen LogP contribution in [0.3, 0.4) is 0 Å². The summed E-state index contributed by atoms with van der Waals surface area (Å²) in [6, 6.07) is 5.78. The first kappa shape index (κ1) is 13.3. The topological polar surface area (TPSA) is 54.2 Å². The van der Waals surface area contributed by atoms with E-state index >= 15 is 0 Å². The maximum absolute atomic E-state index is 5.95. The van der Waals surface area contributed by atoms with Crippen molar-refractivity contribution in [3.05, 3.63) is 36.5 Å². The number of oxazole rings is 1. The van der Waals surface area contributed by atoms with Crippen molar-refractivity contribution in [1.82, 2.24) is 20.2 Å². The molecule has 0 amide bonds. The molecule has 0 unspecified atom stereocenters. The van der Waals surface area contributed by atoms with Crippen molar-refractivity contribution in [3.63, 3.8) is 0 Å². The van der Waals surface area contributed by atoms with Gasteiger partial charge in [-0.05, 0) is 26.0 Å². The van der Waals surface area contributed by atoms with E-state index in [0.717, 1.165) is 43.5 Å². The van der Waals surface area contributed by atoms with Crippen molar-refractivity contribution in [2.24, 2.45) is 0 Å². The minimum Gasteiger partial charge on any atom is -0.437 e. The molecule has 0 saturated carbocycles. The van der Waals surface area contributed by atoms with Gasteiger partial charge in [-0.25, -0.2) is 4.98 Å². The summed E-state index contributed by atoms with van der Waals surface area (Å²) in [4.78, 5) is 11.2. The monoisotopic (exact) mass is 272 g/mol. The van der Waals surface area contributed by atoms with Crippen LogP contribution in [-0.4, -0.2) is 41.0 Å². The van der Waals surface area contributed by atoms with Crippen LogP contribution in [0.1, 0.15) is 19.7 Å². The highest BCUT2D eigenvalue weighted by atomic mass is 16.4. The minimum absolute atomic E-state index is 0.199. The van der Waals surface area contributed by atoms with E-state index in [9.17, 15) is 0 Å². The van der Waals surface area contributed by atoms with Crippen LogP contribution in [-0.2, 0) is 5.54 Å². The lowest BCUT2D eigenvalue weighted by Gasteiger charge is -2.38. The fourth-order valence-electron chi connectivity index (χ4n) is 2.54. The van der Waals surface area contributed by atoms with Crippen LogP contribution in [0.15, 0.2) is 35.0 Å². The van der Waals surface area contributed by atoms with E-state index < -0.39 is 0 Å². The average molecular weight is 272 g/mol. The number of nitrogens with one attached hydrogen (secondary N) is 1. The molecule has 20 heavy (non-hydrogen) atoms. The first-order chi connectivity index (χ1) is 9.68. The maximum Gasteiger partial charge on any atom is 0.214 e. The van der Waals surface area contributed by atoms with E-state index in [1.807, 2.05) is 18.2 Å². The number of nitrogens with zero attached hydrogens (tertiary/aromatic N) is 3. The number of piperazine rings is 1. The standard InChI is InChI=1S/C15H20N4O/c1-15(2,19-9-7-16-8-10-19)14-18-11-13(20-14)12-5-3-4-6-17-12/h3-6,11,16H,7-10H2,1-2H3. The van der Waals surface area contributed by atoms with Gasteiger partial charge in [0.05, 0.1) is 11.7 Å². The van der Waals surface area contributed by atoms with E-state index in [0.29, 0.717) is 0 Å². The van der Waals surface area contributed by atoms with Gasteiger partial charge in [-0.2, -0.15) is 0 Å². The van der Waals surface area contributed by atoms with Crippen LogP contribution in [0.4, 0.5) is 0 Å². The molecule has 106 valence electrons. The van der Waals surface area contributed by atoms with Crippen molar-refractivity contribution in [1.29, 1.82) is 0 Å². The molecule has 1 N–H and O–H groups in total. The molecule has 2 aromatic rings. The molecule has 2 aromatic heterocycles. The summed E-state index contributed by atoms with van der Waals surface area (Å²) in [5.41, 5.74) is 0.622. The van der Waals surface area contributed by atoms with E-state index in [4.69, 9.17) is 4.42 Å². The summed E-state index contributed by atoms with van der Waals surface area (Å²) in [5, 5.41) is 3.37. The van der Waals surface area contributed by atoms with Crippen LogP contribution in [0.5, 0.6) is 0 Å². The quantitative estimate of drug-likeness (QED) is 0.924. The van der Waals surface area contributed by atoms with E-state index in [-0.39, 0.29) is 5.54 Å². The zero-order valence-corrected chi connectivity index (χ0v) is 12.0. The first-order valence-electron chi connectivity index (χ1n) is 7.01. The van der Waals surface area contributed by atoms with Gasteiger partial charge in [-0.3, -0.25) is 9.88 Å². The van der Waals surface area contributed by atoms with Crippen molar-refractivity contribution >= 4 is 0 Å². The molecule has 0 atom stereocenters. The molecular weight excluding hydrogens is 252 g/mol. The van der Waals surface area contributed by atoms with Crippen molar-refractivity contribution < 1.29 is 4.42 Å². The summed E-state index contributed by atoms with van der Waals surface area (Å²) in [6.07, 6.45) is 3.53. The van der Waals surface area contributed by atoms with E-state index in [1.165, 1.54) is 0 Å². The van der Waals surface area contributed by atoms with Crippen LogP contribution in [0.25, 0.3) is 11.5 Å². The third kappa shape index (κ3) is 2.46. The Kier molecular flexibility index (Phi) is 3.54. The molecule has 0 aliphatic carbocycles. The van der Waals surface area contributed by atoms with Crippen molar-refractivity contribution in [2.45, 2.75) is 19.4 Å². The Hall–Kier alpha value is -1.72. The molecule has 3 rings (SSSR count). The molecule has 0 aromatic carbocycles. The Morgan fingerprint density at radius 2 is 2.00 bits per heavy atom. The number of hydrogen-bond acceptors (Lipinski definition) is 5. The third-order valence-electron chi connectivity index (χ3n) is 3.85. The molecule has 1 saturated heterocycles. The van der Waals surface area contributed by atoms with Crippen LogP contribution >= 0.6 is 0 Å². The van der Waals surface area contributed by atoms with Crippen molar-refractivity contribution in [3.8, 4) is 11.5 Å². The second-order valence-electron chi connectivity index (χ2n) is 5.54. The highest BCUT2D eigenvalue weighted by Crippen LogP contribution is 2.30. The largest absolute Gasteiger partial charge is 0.437 e. The van der Waals surface area contributed by atoms with Gasteiger partial charge in [-0.15, -0.1) is 0 Å². The fraction of sp³-hybridized carbons (Fsp3) is 0.467. The normalized spacial score (nSPS) is 17.3. The Bertz CT molecular complexity index is 558. The third-order valence-corrected chi connectivity index (χ3v) is 3.85. The summed E-state index contributed by atoms with van der Waals surface area (Å²) in [7, 11) is 0. The molecule has 0 radical (unpaired) electrons. The fourth-order valence-corrected chi connectivity index (χ4v) is 2.54. The second kappa shape index (κ2) is 5.34. The van der Waals surface area contributed by atoms with Gasteiger partial charge in [0, 0.05) is 32.4 Å². The molecular formula is C15H20N4O. The Balaban J connectivity index is 1.85. The van der Waals surface area contributed by atoms with Crippen LogP contribution in [0.2, 0.25) is 0 Å². The minimum atomic E-state index is -0.199. The molecule has 5 nitrogen and oxygen atoms in total. The highest BCUT2D eigenvalue weighted by molar-refractivity contribution is 5.50. The molecule has 1 fully saturated rings. The highest BCUT2D eigenvalue weighted by Gasteiger charge is 2.34. The van der Waals surface area contributed by atoms with Crippen LogP contribution in [0, 0.1) is 0 Å². The zero-order chi connectivity index (χ0) is 14.0. The van der Waals surface area contributed by atoms with Gasteiger partial charge in [0.15, 0.2) is 5.76 Å². The van der Waals surface area contributed by atoms with Gasteiger partial charge < -0.3 is 9.73 Å². The van der Waals surface area contributed by atoms with E-state index in [2.05, 4.69) is 34.0 Å². The van der Waals surface area contributed by atoms with Gasteiger partial charge in [-0.1, -0.05) is 6.07 Å². The summed E-state index contributed by atoms with van der Waals surface area (Å²) in [6.45, 7) is 8.36. The smallest absolute Gasteiger partial charge is 0.214 e. The summed E-state index contributed by atoms with van der Waals surface area (Å²) >= 11 is 0. The lowest BCUT2D eigenvalue weighted by molar-refractivity contribution is 0.0783. The Labute approximate surface area is 119 Å². The van der Waals surface area contributed by atoms with E-state index in [1.54, 1.807) is 12.4 Å². The zero-order valence-electron chi connectivity index (χ0n) is 12.0. The summed E-state index contributed by atoms with van der Waals surface area (Å²) < 4.78 is 5.95. The van der Waals surface area contributed by atoms with Crippen molar-refractivity contribution in [2.75, 3.05) is 26.2 Å². The van der Waals surface area contributed by atoms with Gasteiger partial charge in [0.2, 0.25) is 5.89 Å². The number of hydrogen-bond donors (Lipinski definition) is 1. The molecule has 1 aliphatic rings. The van der Waals surface area contributed by atoms with Gasteiger partial charge >= 0.3 is 0 Å². The van der Waals surface area contributed by atoms with Gasteiger partial charge in [0.25, 0.3) is 0 Å². The number of aromatic nitrogens is 2. The van der Waals surface area contributed by atoms with Gasteiger partial charge in [0.1, 0.15) is 5.69 Å². The number of pyridine rings is 1. The average Bonchev–Trinajstić information content (AvgIpc) is 3.00. The maximum atomic E-state index is 5.95. The lowest BCUT2D eigenvalue weighted by atomic mass is 10.0. The Morgan fingerprint density at radius 1 is 1.20 bits per heavy atom. The molecule has 0 spiro atoms. The molecule has 1 aliphatic heterocycles. The predicted molar refractivity (Wildman–Crippen MR) is 77.2 cm³/mol. The second-order valence-corrected chi connectivity index (χ2v) is 5.54. The first-order valence-corrected chi connectivity index (χ1v) is 7.01. The predicted octanol–water partition coefficient (Wildman–Crippen LogP) is 1.88. The van der Waals surface area contributed by atoms with Crippen LogP contribution < -0.4 is 5.32 Å².